The Hall–Kier alpha value is -3.63. The van der Waals surface area contributed by atoms with Crippen LogP contribution in [0.1, 0.15) is 17.3 Å². The number of amides is 1. The van der Waals surface area contributed by atoms with E-state index in [2.05, 4.69) is 30.9 Å². The minimum atomic E-state index is -0.741. The summed E-state index contributed by atoms with van der Waals surface area (Å²) in [5.41, 5.74) is 4.21. The quantitative estimate of drug-likeness (QED) is 0.404. The van der Waals surface area contributed by atoms with E-state index in [9.17, 15) is 14.9 Å². The first-order valence-electron chi connectivity index (χ1n) is 6.86. The van der Waals surface area contributed by atoms with Crippen LogP contribution in [0.4, 0.5) is 5.95 Å². The monoisotopic (exact) mass is 328 g/mol. The van der Waals surface area contributed by atoms with Gasteiger partial charge in [-0.1, -0.05) is 23.0 Å². The maximum atomic E-state index is 12.2. The molecule has 2 heterocycles. The number of fused-ring (bicyclic) bond motifs is 1. The van der Waals surface area contributed by atoms with E-state index in [0.717, 1.165) is 15.7 Å². The molecule has 1 amide bonds. The number of H-pyrrole nitrogens is 1. The number of carbonyl (C=O) groups is 1. The van der Waals surface area contributed by atoms with Gasteiger partial charge in [-0.15, -0.1) is 0 Å². The van der Waals surface area contributed by atoms with Gasteiger partial charge in [0.15, 0.2) is 0 Å². The molecule has 0 spiro atoms. The Morgan fingerprint density at radius 1 is 1.46 bits per heavy atom. The van der Waals surface area contributed by atoms with Crippen molar-refractivity contribution in [2.24, 2.45) is 5.10 Å². The summed E-state index contributed by atoms with van der Waals surface area (Å²) in [7, 11) is 0. The Morgan fingerprint density at radius 3 is 3.00 bits per heavy atom. The summed E-state index contributed by atoms with van der Waals surface area (Å²) in [6.07, 6.45) is 1.60. The van der Waals surface area contributed by atoms with Crippen molar-refractivity contribution in [2.45, 2.75) is 13.5 Å². The highest BCUT2D eigenvalue weighted by molar-refractivity contribution is 6.06. The van der Waals surface area contributed by atoms with E-state index in [1.807, 2.05) is 24.3 Å². The number of hydrogen-bond donors (Lipinski definition) is 2. The molecule has 0 radical (unpaired) electrons. The number of para-hydroxylation sites is 1. The molecule has 0 aliphatic heterocycles. The van der Waals surface area contributed by atoms with Gasteiger partial charge in [-0.2, -0.15) is 5.10 Å². The normalized spacial score (nSPS) is 11.6. The van der Waals surface area contributed by atoms with Crippen LogP contribution in [-0.2, 0) is 6.54 Å². The van der Waals surface area contributed by atoms with Gasteiger partial charge in [-0.05, 0) is 17.9 Å². The first kappa shape index (κ1) is 15.3. The summed E-state index contributed by atoms with van der Waals surface area (Å²) in [6.45, 7) is 1.69. The van der Waals surface area contributed by atoms with Gasteiger partial charge in [-0.25, -0.2) is 5.43 Å². The van der Waals surface area contributed by atoms with E-state index in [0.29, 0.717) is 11.3 Å². The van der Waals surface area contributed by atoms with E-state index >= 15 is 0 Å². The Morgan fingerprint density at radius 2 is 2.25 bits per heavy atom. The van der Waals surface area contributed by atoms with Gasteiger partial charge in [0, 0.05) is 22.3 Å². The summed E-state index contributed by atoms with van der Waals surface area (Å²) in [6, 6.07) is 7.40. The fourth-order valence-electron chi connectivity index (χ4n) is 2.08. The Kier molecular flexibility index (Phi) is 3.97. The molecule has 0 bridgehead atoms. The van der Waals surface area contributed by atoms with Crippen molar-refractivity contribution in [2.75, 3.05) is 0 Å². The maximum Gasteiger partial charge on any atom is 0.514 e. The number of benzene rings is 1. The lowest BCUT2D eigenvalue weighted by molar-refractivity contribution is -0.394. The third-order valence-electron chi connectivity index (χ3n) is 3.16. The minimum absolute atomic E-state index is 0.0645. The average Bonchev–Trinajstić information content (AvgIpc) is 3.19. The topological polar surface area (TPSA) is 144 Å². The molecule has 0 unspecified atom stereocenters. The van der Waals surface area contributed by atoms with Crippen LogP contribution in [0.15, 0.2) is 35.6 Å². The molecule has 0 saturated heterocycles. The van der Waals surface area contributed by atoms with Crippen molar-refractivity contribution < 1.29 is 9.72 Å². The highest BCUT2D eigenvalue weighted by atomic mass is 16.6. The first-order chi connectivity index (χ1) is 11.5. The second-order valence-corrected chi connectivity index (χ2v) is 4.91. The van der Waals surface area contributed by atoms with E-state index in [-0.39, 0.29) is 12.5 Å². The molecule has 2 aromatic heterocycles. The minimum Gasteiger partial charge on any atom is -0.390 e. The second-order valence-electron chi connectivity index (χ2n) is 4.91. The molecule has 0 aliphatic carbocycles. The highest BCUT2D eigenvalue weighted by Crippen LogP contribution is 2.17. The molecule has 3 rings (SSSR count). The lowest BCUT2D eigenvalue weighted by atomic mass is 10.2. The third kappa shape index (κ3) is 3.09. The predicted octanol–water partition coefficient (Wildman–Crippen LogP) is 0.868. The number of hydrazone groups is 1. The van der Waals surface area contributed by atoms with E-state index in [4.69, 9.17) is 0 Å². The summed E-state index contributed by atoms with van der Waals surface area (Å²) < 4.78 is 0. The number of tetrazole rings is 1. The molecule has 0 aliphatic rings. The maximum absolute atomic E-state index is 12.2. The second kappa shape index (κ2) is 6.24. The van der Waals surface area contributed by atoms with Crippen LogP contribution >= 0.6 is 0 Å². The molecule has 11 nitrogen and oxygen atoms in total. The summed E-state index contributed by atoms with van der Waals surface area (Å²) in [5, 5.41) is 25.6. The molecule has 24 heavy (non-hydrogen) atoms. The average molecular weight is 328 g/mol. The molecular weight excluding hydrogens is 316 g/mol. The highest BCUT2D eigenvalue weighted by Gasteiger charge is 2.16. The van der Waals surface area contributed by atoms with Crippen LogP contribution in [-0.4, -0.2) is 41.7 Å². The molecule has 1 aromatic carbocycles. The van der Waals surface area contributed by atoms with Crippen molar-refractivity contribution in [1.82, 2.24) is 30.6 Å². The molecule has 3 aromatic rings. The van der Waals surface area contributed by atoms with Crippen LogP contribution in [0.2, 0.25) is 0 Å². The van der Waals surface area contributed by atoms with Crippen molar-refractivity contribution >= 4 is 28.5 Å². The van der Waals surface area contributed by atoms with Crippen molar-refractivity contribution in [1.29, 1.82) is 0 Å². The van der Waals surface area contributed by atoms with Gasteiger partial charge in [0.25, 0.3) is 5.91 Å². The van der Waals surface area contributed by atoms with Crippen LogP contribution in [0.5, 0.6) is 0 Å². The van der Waals surface area contributed by atoms with Crippen LogP contribution < -0.4 is 5.43 Å². The zero-order valence-corrected chi connectivity index (χ0v) is 12.5. The molecule has 2 N–H and O–H groups in total. The molecule has 0 saturated carbocycles. The molecule has 122 valence electrons. The van der Waals surface area contributed by atoms with Crippen molar-refractivity contribution in [3.05, 3.63) is 46.1 Å². The van der Waals surface area contributed by atoms with Crippen molar-refractivity contribution in [3.8, 4) is 0 Å². The number of carbonyl (C=O) groups excluding carboxylic acids is 1. The molecular formula is C13H12N8O3. The lowest BCUT2D eigenvalue weighted by Crippen LogP contribution is -2.21. The van der Waals surface area contributed by atoms with Crippen LogP contribution in [0.3, 0.4) is 0 Å². The number of nitro groups is 1. The summed E-state index contributed by atoms with van der Waals surface area (Å²) >= 11 is 0. The smallest absolute Gasteiger partial charge is 0.390 e. The first-order valence-corrected chi connectivity index (χ1v) is 6.86. The van der Waals surface area contributed by atoms with Gasteiger partial charge in [-0.3, -0.25) is 4.79 Å². The fraction of sp³-hybridized carbons (Fsp3) is 0.154. The lowest BCUT2D eigenvalue weighted by Gasteiger charge is -2.00. The predicted molar refractivity (Wildman–Crippen MR) is 83.3 cm³/mol. The molecule has 11 heteroatoms. The third-order valence-corrected chi connectivity index (χ3v) is 3.16. The largest absolute Gasteiger partial charge is 0.514 e. The molecule has 0 fully saturated rings. The van der Waals surface area contributed by atoms with Gasteiger partial charge in [0.05, 0.1) is 21.5 Å². The fourth-order valence-corrected chi connectivity index (χ4v) is 2.08. The SMILES string of the molecule is C/C(Cn1nnc([N+](=O)[O-])n1)=N/NC(=O)c1c[nH]c2ccccc12. The van der Waals surface area contributed by atoms with Gasteiger partial charge < -0.3 is 15.1 Å². The van der Waals surface area contributed by atoms with Gasteiger partial charge in [0.2, 0.25) is 0 Å². The number of nitrogens with one attached hydrogen (secondary N) is 2. The van der Waals surface area contributed by atoms with E-state index in [1.165, 1.54) is 0 Å². The standard InChI is InChI=1S/C13H12N8O3/c1-8(7-20-18-13(17-19-20)21(23)24)15-16-12(22)10-6-14-11-5-3-2-4-9(10)11/h2-6,14H,7H2,1H3,(H,16,22)/b15-8-. The van der Waals surface area contributed by atoms with Gasteiger partial charge in [0.1, 0.15) is 6.54 Å². The zero-order chi connectivity index (χ0) is 17.1. The Balaban J connectivity index is 1.67. The summed E-state index contributed by atoms with van der Waals surface area (Å²) in [5.74, 6) is -0.963. The van der Waals surface area contributed by atoms with E-state index < -0.39 is 10.9 Å². The van der Waals surface area contributed by atoms with Crippen molar-refractivity contribution in [3.63, 3.8) is 0 Å². The zero-order valence-electron chi connectivity index (χ0n) is 12.5. The Labute approximate surface area is 134 Å². The van der Waals surface area contributed by atoms with E-state index in [1.54, 1.807) is 13.1 Å². The number of rotatable bonds is 5. The number of aromatic nitrogens is 5. The number of nitrogens with zero attached hydrogens (tertiary/aromatic N) is 6. The number of hydrogen-bond acceptors (Lipinski definition) is 7. The molecule has 0 atom stereocenters. The summed E-state index contributed by atoms with van der Waals surface area (Å²) in [4.78, 5) is 26.0. The van der Waals surface area contributed by atoms with Gasteiger partial charge >= 0.3 is 5.95 Å². The Bertz CT molecular complexity index is 942. The van der Waals surface area contributed by atoms with Crippen LogP contribution in [0.25, 0.3) is 10.9 Å². The number of aromatic amines is 1. The van der Waals surface area contributed by atoms with Crippen LogP contribution in [0, 0.1) is 10.1 Å².